The van der Waals surface area contributed by atoms with Gasteiger partial charge in [0.15, 0.2) is 11.5 Å². The maximum atomic E-state index is 13.1. The maximum Gasteiger partial charge on any atom is 0.258 e. The number of benzene rings is 2. The highest BCUT2D eigenvalue weighted by Gasteiger charge is 2.18. The Morgan fingerprint density at radius 2 is 1.94 bits per heavy atom. The lowest BCUT2D eigenvalue weighted by Gasteiger charge is -2.15. The number of aryl methyl sites for hydroxylation is 2. The fourth-order valence-electron chi connectivity index (χ4n) is 3.74. The number of hydrogen-bond donors (Lipinski definition) is 2. The Balaban J connectivity index is 1.61. The van der Waals surface area contributed by atoms with Crippen molar-refractivity contribution >= 4 is 17.6 Å². The molecule has 0 atom stereocenters. The number of aromatic nitrogens is 2. The summed E-state index contributed by atoms with van der Waals surface area (Å²) in [5.41, 5.74) is 4.13. The van der Waals surface area contributed by atoms with Crippen molar-refractivity contribution in [2.24, 2.45) is 4.99 Å². The van der Waals surface area contributed by atoms with Crippen molar-refractivity contribution in [2.75, 3.05) is 18.7 Å². The van der Waals surface area contributed by atoms with E-state index in [0.29, 0.717) is 47.6 Å². The Bertz CT molecular complexity index is 1220. The Labute approximate surface area is 198 Å². The number of carbonyl (C=O) groups is 1. The molecule has 1 amide bonds. The van der Waals surface area contributed by atoms with Gasteiger partial charge in [0.05, 0.1) is 24.5 Å². The molecule has 2 aromatic carbocycles. The molecule has 34 heavy (non-hydrogen) atoms. The van der Waals surface area contributed by atoms with Crippen LogP contribution in [0, 0.1) is 13.8 Å². The zero-order valence-corrected chi connectivity index (χ0v) is 19.8. The standard InChI is InChI=1S/C25H29N5O4/c1-5-30-17(4)19(16(3)29-30)14-26-25(27-20-9-7-8-10-21(20)32-6-2)28-24(31)18-11-12-22-23(13-18)34-15-33-22/h7-13H,5-6,14-15H2,1-4H3,(H2,26,27,28,31). The van der Waals surface area contributed by atoms with Crippen molar-refractivity contribution in [3.05, 3.63) is 65.0 Å². The predicted octanol–water partition coefficient (Wildman–Crippen LogP) is 4.05. The van der Waals surface area contributed by atoms with E-state index in [1.165, 1.54) is 0 Å². The maximum absolute atomic E-state index is 13.1. The van der Waals surface area contributed by atoms with Crippen LogP contribution in [-0.2, 0) is 13.1 Å². The number of rotatable bonds is 7. The van der Waals surface area contributed by atoms with Crippen LogP contribution in [0.4, 0.5) is 5.69 Å². The number of anilines is 1. The molecule has 3 aromatic rings. The minimum Gasteiger partial charge on any atom is -0.492 e. The monoisotopic (exact) mass is 463 g/mol. The number of ether oxygens (including phenoxy) is 3. The van der Waals surface area contributed by atoms with Crippen LogP contribution in [0.3, 0.4) is 0 Å². The molecule has 0 bridgehead atoms. The number of aliphatic imine (C=N–C) groups is 1. The van der Waals surface area contributed by atoms with E-state index in [1.807, 2.05) is 49.7 Å². The molecule has 1 aliphatic heterocycles. The van der Waals surface area contributed by atoms with E-state index in [1.54, 1.807) is 18.2 Å². The summed E-state index contributed by atoms with van der Waals surface area (Å²) in [5.74, 6) is 1.81. The number of guanidine groups is 1. The molecule has 0 radical (unpaired) electrons. The van der Waals surface area contributed by atoms with Crippen molar-refractivity contribution < 1.29 is 19.0 Å². The van der Waals surface area contributed by atoms with Gasteiger partial charge < -0.3 is 19.5 Å². The summed E-state index contributed by atoms with van der Waals surface area (Å²) in [7, 11) is 0. The zero-order chi connectivity index (χ0) is 24.1. The lowest BCUT2D eigenvalue weighted by atomic mass is 10.2. The SMILES string of the molecule is CCOc1ccccc1NC(=NCc1c(C)nn(CC)c1C)NC(=O)c1ccc2c(c1)OCO2. The van der Waals surface area contributed by atoms with Crippen molar-refractivity contribution in [2.45, 2.75) is 40.8 Å². The van der Waals surface area contributed by atoms with Crippen LogP contribution < -0.4 is 24.8 Å². The fraction of sp³-hybridized carbons (Fsp3) is 0.320. The number of para-hydroxylation sites is 2. The summed E-state index contributed by atoms with van der Waals surface area (Å²) in [5, 5.41) is 10.7. The number of carbonyl (C=O) groups excluding carboxylic acids is 1. The van der Waals surface area contributed by atoms with Crippen molar-refractivity contribution in [1.82, 2.24) is 15.1 Å². The second-order valence-electron chi connectivity index (χ2n) is 7.71. The zero-order valence-electron chi connectivity index (χ0n) is 19.8. The molecular formula is C25H29N5O4. The molecule has 9 nitrogen and oxygen atoms in total. The molecule has 9 heteroatoms. The molecule has 1 aromatic heterocycles. The largest absolute Gasteiger partial charge is 0.492 e. The molecule has 0 saturated heterocycles. The summed E-state index contributed by atoms with van der Waals surface area (Å²) < 4.78 is 18.4. The van der Waals surface area contributed by atoms with Crippen LogP contribution in [0.25, 0.3) is 0 Å². The van der Waals surface area contributed by atoms with Gasteiger partial charge in [0.2, 0.25) is 12.8 Å². The molecule has 2 N–H and O–H groups in total. The first-order valence-corrected chi connectivity index (χ1v) is 11.3. The molecule has 178 valence electrons. The van der Waals surface area contributed by atoms with Gasteiger partial charge in [-0.15, -0.1) is 0 Å². The smallest absolute Gasteiger partial charge is 0.258 e. The van der Waals surface area contributed by atoms with Gasteiger partial charge in [0.1, 0.15) is 5.75 Å². The van der Waals surface area contributed by atoms with Crippen LogP contribution in [-0.4, -0.2) is 35.0 Å². The summed E-state index contributed by atoms with van der Waals surface area (Å²) in [6.45, 7) is 9.77. The number of fused-ring (bicyclic) bond motifs is 1. The van der Waals surface area contributed by atoms with E-state index in [2.05, 4.69) is 22.7 Å². The molecule has 2 heterocycles. The van der Waals surface area contributed by atoms with Gasteiger partial charge in [-0.1, -0.05) is 12.1 Å². The van der Waals surface area contributed by atoms with Gasteiger partial charge in [-0.3, -0.25) is 14.8 Å². The van der Waals surface area contributed by atoms with Gasteiger partial charge in [-0.25, -0.2) is 4.99 Å². The molecule has 0 saturated carbocycles. The van der Waals surface area contributed by atoms with Crippen LogP contribution >= 0.6 is 0 Å². The lowest BCUT2D eigenvalue weighted by molar-refractivity contribution is 0.0976. The first-order chi connectivity index (χ1) is 16.5. The summed E-state index contributed by atoms with van der Waals surface area (Å²) in [4.78, 5) is 17.8. The third kappa shape index (κ3) is 4.98. The van der Waals surface area contributed by atoms with Gasteiger partial charge in [-0.05, 0) is 58.0 Å². The van der Waals surface area contributed by atoms with Gasteiger partial charge >= 0.3 is 0 Å². The number of nitrogens with one attached hydrogen (secondary N) is 2. The quantitative estimate of drug-likeness (QED) is 0.405. The second-order valence-corrected chi connectivity index (χ2v) is 7.71. The molecule has 0 unspecified atom stereocenters. The fourth-order valence-corrected chi connectivity index (χ4v) is 3.74. The number of hydrogen-bond acceptors (Lipinski definition) is 6. The highest BCUT2D eigenvalue weighted by Crippen LogP contribution is 2.32. The Morgan fingerprint density at radius 1 is 1.15 bits per heavy atom. The minimum absolute atomic E-state index is 0.146. The molecule has 0 spiro atoms. The van der Waals surface area contributed by atoms with Crippen molar-refractivity contribution in [3.8, 4) is 17.2 Å². The lowest BCUT2D eigenvalue weighted by Crippen LogP contribution is -2.36. The van der Waals surface area contributed by atoms with Crippen LogP contribution in [0.15, 0.2) is 47.5 Å². The van der Waals surface area contributed by atoms with E-state index in [4.69, 9.17) is 19.2 Å². The summed E-state index contributed by atoms with van der Waals surface area (Å²) >= 11 is 0. The third-order valence-corrected chi connectivity index (χ3v) is 5.53. The van der Waals surface area contributed by atoms with Crippen LogP contribution in [0.2, 0.25) is 0 Å². The van der Waals surface area contributed by atoms with E-state index in [-0.39, 0.29) is 12.7 Å². The molecule has 0 aliphatic carbocycles. The molecule has 0 fully saturated rings. The Morgan fingerprint density at radius 3 is 2.71 bits per heavy atom. The number of nitrogens with zero attached hydrogens (tertiary/aromatic N) is 3. The van der Waals surface area contributed by atoms with E-state index < -0.39 is 0 Å². The normalized spacial score (nSPS) is 12.5. The summed E-state index contributed by atoms with van der Waals surface area (Å²) in [6.07, 6.45) is 0. The van der Waals surface area contributed by atoms with E-state index in [9.17, 15) is 4.79 Å². The van der Waals surface area contributed by atoms with Crippen LogP contribution in [0.1, 0.15) is 41.2 Å². The van der Waals surface area contributed by atoms with E-state index >= 15 is 0 Å². The molecular weight excluding hydrogens is 434 g/mol. The van der Waals surface area contributed by atoms with Crippen molar-refractivity contribution in [1.29, 1.82) is 0 Å². The van der Waals surface area contributed by atoms with Crippen molar-refractivity contribution in [3.63, 3.8) is 0 Å². The van der Waals surface area contributed by atoms with Gasteiger partial charge in [0.25, 0.3) is 5.91 Å². The van der Waals surface area contributed by atoms with Crippen LogP contribution in [0.5, 0.6) is 17.2 Å². The van der Waals surface area contributed by atoms with Gasteiger partial charge in [-0.2, -0.15) is 5.10 Å². The molecule has 1 aliphatic rings. The Hall–Kier alpha value is -4.01. The second kappa shape index (κ2) is 10.3. The molecule has 4 rings (SSSR count). The summed E-state index contributed by atoms with van der Waals surface area (Å²) in [6, 6.07) is 12.6. The average Bonchev–Trinajstić information content (AvgIpc) is 3.42. The highest BCUT2D eigenvalue weighted by molar-refractivity contribution is 6.10. The predicted molar refractivity (Wildman–Crippen MR) is 130 cm³/mol. The third-order valence-electron chi connectivity index (χ3n) is 5.53. The number of amides is 1. The topological polar surface area (TPSA) is 99.0 Å². The first-order valence-electron chi connectivity index (χ1n) is 11.3. The van der Waals surface area contributed by atoms with E-state index in [0.717, 1.165) is 23.5 Å². The minimum atomic E-state index is -0.323. The van der Waals surface area contributed by atoms with Gasteiger partial charge in [0, 0.05) is 23.4 Å². The first kappa shape index (κ1) is 23.2. The average molecular weight is 464 g/mol. The Kier molecular flexibility index (Phi) is 7.01. The highest BCUT2D eigenvalue weighted by atomic mass is 16.7.